The molecule has 1 aliphatic rings. The second kappa shape index (κ2) is 4.79. The Morgan fingerprint density at radius 1 is 1.47 bits per heavy atom. The summed E-state index contributed by atoms with van der Waals surface area (Å²) in [5.41, 5.74) is -0.273. The van der Waals surface area contributed by atoms with Crippen molar-refractivity contribution in [3.8, 4) is 0 Å². The van der Waals surface area contributed by atoms with Gasteiger partial charge in [-0.2, -0.15) is 0 Å². The van der Waals surface area contributed by atoms with E-state index in [4.69, 9.17) is 5.11 Å². The van der Waals surface area contributed by atoms with E-state index < -0.39 is 17.5 Å². The van der Waals surface area contributed by atoms with Crippen molar-refractivity contribution in [3.05, 3.63) is 35.4 Å². The van der Waals surface area contributed by atoms with E-state index in [9.17, 15) is 13.6 Å². The standard InChI is InChI=1S/C12H13F2NO2/c13-10-5-1-4-9(11(10)14)12(17)15-6-2-3-8(15)7-16/h1,4-5,8,16H,2-3,6-7H2. The summed E-state index contributed by atoms with van der Waals surface area (Å²) >= 11 is 0. The number of aliphatic hydroxyl groups excluding tert-OH is 1. The SMILES string of the molecule is O=C(c1cccc(F)c1F)N1CCCC1CO. The minimum atomic E-state index is -1.12. The second-order valence-corrected chi connectivity index (χ2v) is 4.08. The Hall–Kier alpha value is -1.49. The summed E-state index contributed by atoms with van der Waals surface area (Å²) in [6.45, 7) is 0.322. The maximum atomic E-state index is 13.5. The first-order valence-electron chi connectivity index (χ1n) is 5.51. The van der Waals surface area contributed by atoms with E-state index in [1.54, 1.807) is 0 Å². The fraction of sp³-hybridized carbons (Fsp3) is 0.417. The van der Waals surface area contributed by atoms with Crippen molar-refractivity contribution in [2.75, 3.05) is 13.2 Å². The molecule has 2 rings (SSSR count). The molecule has 1 atom stereocenters. The van der Waals surface area contributed by atoms with Gasteiger partial charge in [-0.05, 0) is 25.0 Å². The topological polar surface area (TPSA) is 40.5 Å². The first kappa shape index (κ1) is 12.0. The third-order valence-corrected chi connectivity index (χ3v) is 3.03. The predicted octanol–water partition coefficient (Wildman–Crippen LogP) is 1.56. The van der Waals surface area contributed by atoms with Gasteiger partial charge in [-0.1, -0.05) is 6.07 Å². The molecule has 92 valence electrons. The molecule has 0 saturated carbocycles. The minimum absolute atomic E-state index is 0.150. The van der Waals surface area contributed by atoms with Crippen molar-refractivity contribution in [3.63, 3.8) is 0 Å². The Morgan fingerprint density at radius 3 is 2.94 bits per heavy atom. The maximum Gasteiger partial charge on any atom is 0.257 e. The number of hydrogen-bond acceptors (Lipinski definition) is 2. The zero-order valence-electron chi connectivity index (χ0n) is 9.20. The molecule has 17 heavy (non-hydrogen) atoms. The highest BCUT2D eigenvalue weighted by molar-refractivity contribution is 5.94. The molecule has 1 aromatic rings. The minimum Gasteiger partial charge on any atom is -0.394 e. The molecule has 1 heterocycles. The molecule has 0 bridgehead atoms. The fourth-order valence-corrected chi connectivity index (χ4v) is 2.12. The molecule has 0 radical (unpaired) electrons. The van der Waals surface area contributed by atoms with Crippen molar-refractivity contribution in [1.82, 2.24) is 4.90 Å². The molecule has 1 N–H and O–H groups in total. The lowest BCUT2D eigenvalue weighted by atomic mass is 10.1. The molecule has 0 spiro atoms. The normalized spacial score (nSPS) is 19.7. The highest BCUT2D eigenvalue weighted by Crippen LogP contribution is 2.21. The lowest BCUT2D eigenvalue weighted by Crippen LogP contribution is -2.38. The van der Waals surface area contributed by atoms with Crippen LogP contribution in [0.5, 0.6) is 0 Å². The smallest absolute Gasteiger partial charge is 0.257 e. The van der Waals surface area contributed by atoms with Gasteiger partial charge in [0.25, 0.3) is 5.91 Å². The maximum absolute atomic E-state index is 13.5. The van der Waals surface area contributed by atoms with E-state index in [1.165, 1.54) is 17.0 Å². The predicted molar refractivity (Wildman–Crippen MR) is 57.5 cm³/mol. The van der Waals surface area contributed by atoms with Crippen molar-refractivity contribution in [2.24, 2.45) is 0 Å². The van der Waals surface area contributed by atoms with Crippen LogP contribution in [0.2, 0.25) is 0 Å². The molecular weight excluding hydrogens is 228 g/mol. The van der Waals surface area contributed by atoms with Crippen molar-refractivity contribution < 1.29 is 18.7 Å². The van der Waals surface area contributed by atoms with Gasteiger partial charge in [0.15, 0.2) is 11.6 Å². The van der Waals surface area contributed by atoms with Crippen LogP contribution in [0.1, 0.15) is 23.2 Å². The van der Waals surface area contributed by atoms with Crippen LogP contribution in [-0.4, -0.2) is 35.1 Å². The highest BCUT2D eigenvalue weighted by Gasteiger charge is 2.30. The van der Waals surface area contributed by atoms with Gasteiger partial charge < -0.3 is 10.0 Å². The van der Waals surface area contributed by atoms with Crippen LogP contribution in [0.3, 0.4) is 0 Å². The number of rotatable bonds is 2. The summed E-state index contributed by atoms with van der Waals surface area (Å²) in [5, 5.41) is 9.09. The van der Waals surface area contributed by atoms with Crippen LogP contribution < -0.4 is 0 Å². The number of nitrogens with zero attached hydrogens (tertiary/aromatic N) is 1. The Morgan fingerprint density at radius 2 is 2.24 bits per heavy atom. The third-order valence-electron chi connectivity index (χ3n) is 3.03. The Labute approximate surface area is 97.7 Å². The summed E-state index contributed by atoms with van der Waals surface area (Å²) in [7, 11) is 0. The molecule has 1 amide bonds. The fourth-order valence-electron chi connectivity index (χ4n) is 2.12. The van der Waals surface area contributed by atoms with Crippen molar-refractivity contribution >= 4 is 5.91 Å². The molecular formula is C12H13F2NO2. The van der Waals surface area contributed by atoms with Gasteiger partial charge >= 0.3 is 0 Å². The van der Waals surface area contributed by atoms with Gasteiger partial charge in [0.1, 0.15) is 0 Å². The molecule has 1 saturated heterocycles. The number of aliphatic hydroxyl groups is 1. The van der Waals surface area contributed by atoms with Gasteiger partial charge in [-0.3, -0.25) is 4.79 Å². The molecule has 0 aromatic heterocycles. The number of amides is 1. The van der Waals surface area contributed by atoms with E-state index in [2.05, 4.69) is 0 Å². The summed E-state index contributed by atoms with van der Waals surface area (Å²) in [5.74, 6) is -2.71. The lowest BCUT2D eigenvalue weighted by Gasteiger charge is -2.23. The third kappa shape index (κ3) is 2.15. The summed E-state index contributed by atoms with van der Waals surface area (Å²) in [6.07, 6.45) is 1.47. The Balaban J connectivity index is 2.28. The van der Waals surface area contributed by atoms with Crippen molar-refractivity contribution in [1.29, 1.82) is 0 Å². The molecule has 1 aromatic carbocycles. The average molecular weight is 241 g/mol. The molecule has 0 aliphatic carbocycles. The first-order chi connectivity index (χ1) is 8.15. The van der Waals surface area contributed by atoms with Crippen LogP contribution >= 0.6 is 0 Å². The summed E-state index contributed by atoms with van der Waals surface area (Å²) < 4.78 is 26.5. The van der Waals surface area contributed by atoms with E-state index in [-0.39, 0.29) is 18.2 Å². The first-order valence-corrected chi connectivity index (χ1v) is 5.51. The van der Waals surface area contributed by atoms with E-state index in [0.29, 0.717) is 13.0 Å². The second-order valence-electron chi connectivity index (χ2n) is 4.08. The molecule has 1 unspecified atom stereocenters. The number of benzene rings is 1. The number of carbonyl (C=O) groups excluding carboxylic acids is 1. The number of halogens is 2. The Bertz CT molecular complexity index is 437. The zero-order chi connectivity index (χ0) is 12.4. The molecule has 3 nitrogen and oxygen atoms in total. The molecule has 1 aliphatic heterocycles. The van der Waals surface area contributed by atoms with Crippen LogP contribution in [0.4, 0.5) is 8.78 Å². The number of hydrogen-bond donors (Lipinski definition) is 1. The van der Waals surface area contributed by atoms with Crippen LogP contribution in [0.25, 0.3) is 0 Å². The largest absolute Gasteiger partial charge is 0.394 e. The van der Waals surface area contributed by atoms with Crippen LogP contribution in [-0.2, 0) is 0 Å². The Kier molecular flexibility index (Phi) is 3.38. The summed E-state index contributed by atoms with van der Waals surface area (Å²) in [6, 6.07) is 3.24. The van der Waals surface area contributed by atoms with E-state index >= 15 is 0 Å². The summed E-state index contributed by atoms with van der Waals surface area (Å²) in [4.78, 5) is 13.4. The lowest BCUT2D eigenvalue weighted by molar-refractivity contribution is 0.0672. The van der Waals surface area contributed by atoms with Crippen LogP contribution in [0.15, 0.2) is 18.2 Å². The van der Waals surface area contributed by atoms with Crippen LogP contribution in [0, 0.1) is 11.6 Å². The molecule has 1 fully saturated rings. The van der Waals surface area contributed by atoms with Gasteiger partial charge in [0, 0.05) is 6.54 Å². The average Bonchev–Trinajstić information content (AvgIpc) is 2.80. The van der Waals surface area contributed by atoms with Gasteiger partial charge in [-0.15, -0.1) is 0 Å². The van der Waals surface area contributed by atoms with E-state index in [1.807, 2.05) is 0 Å². The highest BCUT2D eigenvalue weighted by atomic mass is 19.2. The zero-order valence-corrected chi connectivity index (χ0v) is 9.20. The molecule has 5 heteroatoms. The quantitative estimate of drug-likeness (QED) is 0.853. The van der Waals surface area contributed by atoms with Gasteiger partial charge in [-0.25, -0.2) is 8.78 Å². The van der Waals surface area contributed by atoms with Crippen molar-refractivity contribution in [2.45, 2.75) is 18.9 Å². The van der Waals surface area contributed by atoms with Gasteiger partial charge in [0.2, 0.25) is 0 Å². The number of likely N-dealkylation sites (tertiary alicyclic amines) is 1. The monoisotopic (exact) mass is 241 g/mol. The van der Waals surface area contributed by atoms with E-state index in [0.717, 1.165) is 12.5 Å². The number of carbonyl (C=O) groups is 1. The van der Waals surface area contributed by atoms with Gasteiger partial charge in [0.05, 0.1) is 18.2 Å².